The van der Waals surface area contributed by atoms with Crippen LogP contribution < -0.4 is 10.1 Å². The number of amides is 1. The Labute approximate surface area is 101 Å². The maximum absolute atomic E-state index is 12.0. The fourth-order valence-electron chi connectivity index (χ4n) is 2.69. The van der Waals surface area contributed by atoms with Crippen molar-refractivity contribution in [3.05, 3.63) is 29.8 Å². The third-order valence-electron chi connectivity index (χ3n) is 3.64. The van der Waals surface area contributed by atoms with Crippen LogP contribution in [-0.4, -0.2) is 18.1 Å². The molecule has 2 aliphatic rings. The molecule has 1 aromatic carbocycles. The molecule has 1 atom stereocenters. The fourth-order valence-corrected chi connectivity index (χ4v) is 2.69. The molecule has 3 rings (SSSR count). The Morgan fingerprint density at radius 1 is 1.24 bits per heavy atom. The molecule has 0 saturated heterocycles. The van der Waals surface area contributed by atoms with E-state index in [4.69, 9.17) is 4.74 Å². The van der Waals surface area contributed by atoms with E-state index in [-0.39, 0.29) is 12.0 Å². The predicted molar refractivity (Wildman–Crippen MR) is 65.0 cm³/mol. The first kappa shape index (κ1) is 10.6. The Balaban J connectivity index is 1.62. The highest BCUT2D eigenvalue weighted by atomic mass is 16.5. The Morgan fingerprint density at radius 2 is 2.00 bits per heavy atom. The maximum Gasteiger partial charge on any atom is 0.261 e. The van der Waals surface area contributed by atoms with Gasteiger partial charge in [0.05, 0.1) is 0 Å². The van der Waals surface area contributed by atoms with E-state index in [1.807, 2.05) is 24.3 Å². The van der Waals surface area contributed by atoms with Crippen molar-refractivity contribution < 1.29 is 9.53 Å². The average molecular weight is 231 g/mol. The summed E-state index contributed by atoms with van der Waals surface area (Å²) in [7, 11) is 0. The molecule has 1 aromatic rings. The lowest BCUT2D eigenvalue weighted by atomic mass is 10.1. The van der Waals surface area contributed by atoms with Gasteiger partial charge in [0.25, 0.3) is 5.91 Å². The predicted octanol–water partition coefficient (Wildman–Crippen LogP) is 2.05. The minimum Gasteiger partial charge on any atom is -0.480 e. The topological polar surface area (TPSA) is 38.3 Å². The number of fused-ring (bicyclic) bond motifs is 1. The zero-order valence-electron chi connectivity index (χ0n) is 9.82. The first-order valence-electron chi connectivity index (χ1n) is 6.38. The summed E-state index contributed by atoms with van der Waals surface area (Å²) < 4.78 is 5.67. The largest absolute Gasteiger partial charge is 0.480 e. The van der Waals surface area contributed by atoms with Crippen molar-refractivity contribution in [1.29, 1.82) is 0 Å². The van der Waals surface area contributed by atoms with Gasteiger partial charge in [-0.1, -0.05) is 31.0 Å². The lowest BCUT2D eigenvalue weighted by molar-refractivity contribution is -0.127. The van der Waals surface area contributed by atoms with Crippen LogP contribution >= 0.6 is 0 Å². The quantitative estimate of drug-likeness (QED) is 0.846. The molecule has 1 aliphatic carbocycles. The third-order valence-corrected chi connectivity index (χ3v) is 3.64. The maximum atomic E-state index is 12.0. The van der Waals surface area contributed by atoms with E-state index in [1.165, 1.54) is 12.8 Å². The molecule has 90 valence electrons. The zero-order chi connectivity index (χ0) is 11.7. The van der Waals surface area contributed by atoms with Crippen molar-refractivity contribution in [2.45, 2.75) is 44.2 Å². The summed E-state index contributed by atoms with van der Waals surface area (Å²) in [5.74, 6) is 0.909. The second-order valence-corrected chi connectivity index (χ2v) is 4.91. The molecule has 1 amide bonds. The van der Waals surface area contributed by atoms with Gasteiger partial charge in [0.2, 0.25) is 0 Å². The number of rotatable bonds is 2. The smallest absolute Gasteiger partial charge is 0.261 e. The number of para-hydroxylation sites is 1. The molecule has 0 aromatic heterocycles. The summed E-state index contributed by atoms with van der Waals surface area (Å²) in [6, 6.07) is 8.25. The summed E-state index contributed by atoms with van der Waals surface area (Å²) in [6.07, 6.45) is 5.08. The minimum atomic E-state index is -0.326. The summed E-state index contributed by atoms with van der Waals surface area (Å²) in [5.41, 5.74) is 1.14. The van der Waals surface area contributed by atoms with Crippen LogP contribution in [-0.2, 0) is 11.2 Å². The van der Waals surface area contributed by atoms with Gasteiger partial charge in [0.15, 0.2) is 6.10 Å². The second kappa shape index (κ2) is 4.40. The highest BCUT2D eigenvalue weighted by Crippen LogP contribution is 2.28. The van der Waals surface area contributed by atoms with Crippen molar-refractivity contribution in [1.82, 2.24) is 5.32 Å². The molecule has 17 heavy (non-hydrogen) atoms. The van der Waals surface area contributed by atoms with Crippen LogP contribution in [0.3, 0.4) is 0 Å². The van der Waals surface area contributed by atoms with E-state index in [0.717, 1.165) is 24.2 Å². The number of nitrogens with one attached hydrogen (secondary N) is 1. The van der Waals surface area contributed by atoms with Crippen LogP contribution in [0.5, 0.6) is 5.75 Å². The fraction of sp³-hybridized carbons (Fsp3) is 0.500. The van der Waals surface area contributed by atoms with E-state index in [0.29, 0.717) is 12.5 Å². The first-order valence-corrected chi connectivity index (χ1v) is 6.38. The van der Waals surface area contributed by atoms with Crippen molar-refractivity contribution in [2.24, 2.45) is 0 Å². The second-order valence-electron chi connectivity index (χ2n) is 4.91. The summed E-state index contributed by atoms with van der Waals surface area (Å²) in [6.45, 7) is 0. The molecule has 3 nitrogen and oxygen atoms in total. The van der Waals surface area contributed by atoms with E-state index in [1.54, 1.807) is 0 Å². The molecule has 1 heterocycles. The van der Waals surface area contributed by atoms with E-state index in [2.05, 4.69) is 5.32 Å². The summed E-state index contributed by atoms with van der Waals surface area (Å²) >= 11 is 0. The van der Waals surface area contributed by atoms with Gasteiger partial charge >= 0.3 is 0 Å². The first-order chi connectivity index (χ1) is 8.33. The summed E-state index contributed by atoms with van der Waals surface area (Å²) in [5, 5.41) is 3.09. The number of hydrogen-bond acceptors (Lipinski definition) is 2. The van der Waals surface area contributed by atoms with Gasteiger partial charge in [-0.3, -0.25) is 4.79 Å². The summed E-state index contributed by atoms with van der Waals surface area (Å²) in [4.78, 5) is 12.0. The van der Waals surface area contributed by atoms with Crippen LogP contribution in [0.2, 0.25) is 0 Å². The van der Waals surface area contributed by atoms with Gasteiger partial charge in [0.1, 0.15) is 5.75 Å². The molecule has 1 fully saturated rings. The van der Waals surface area contributed by atoms with E-state index < -0.39 is 0 Å². The van der Waals surface area contributed by atoms with Gasteiger partial charge < -0.3 is 10.1 Å². The SMILES string of the molecule is O=C(NC1CCCC1)[C@H]1Cc2ccccc2O1. The number of benzene rings is 1. The van der Waals surface area contributed by atoms with Crippen LogP contribution in [0, 0.1) is 0 Å². The van der Waals surface area contributed by atoms with Gasteiger partial charge in [-0.05, 0) is 24.5 Å². The minimum absolute atomic E-state index is 0.0492. The Kier molecular flexibility index (Phi) is 2.75. The lowest BCUT2D eigenvalue weighted by Gasteiger charge is -2.15. The van der Waals surface area contributed by atoms with Crippen molar-refractivity contribution in [2.75, 3.05) is 0 Å². The molecular formula is C14H17NO2. The molecule has 1 N–H and O–H groups in total. The van der Waals surface area contributed by atoms with Gasteiger partial charge in [-0.2, -0.15) is 0 Å². The normalized spacial score (nSPS) is 23.2. The zero-order valence-corrected chi connectivity index (χ0v) is 9.82. The Morgan fingerprint density at radius 3 is 2.76 bits per heavy atom. The van der Waals surface area contributed by atoms with Crippen molar-refractivity contribution >= 4 is 5.91 Å². The number of hydrogen-bond donors (Lipinski definition) is 1. The Bertz CT molecular complexity index is 399. The molecule has 0 spiro atoms. The van der Waals surface area contributed by atoms with Crippen molar-refractivity contribution in [3.63, 3.8) is 0 Å². The molecule has 0 unspecified atom stereocenters. The molecule has 1 aliphatic heterocycles. The van der Waals surface area contributed by atoms with Crippen LogP contribution in [0.25, 0.3) is 0 Å². The Hall–Kier alpha value is -1.51. The molecule has 1 saturated carbocycles. The number of ether oxygens (including phenoxy) is 1. The third kappa shape index (κ3) is 2.14. The van der Waals surface area contributed by atoms with Gasteiger partial charge in [-0.15, -0.1) is 0 Å². The van der Waals surface area contributed by atoms with E-state index >= 15 is 0 Å². The van der Waals surface area contributed by atoms with E-state index in [9.17, 15) is 4.79 Å². The highest BCUT2D eigenvalue weighted by Gasteiger charge is 2.30. The monoisotopic (exact) mass is 231 g/mol. The molecule has 0 bridgehead atoms. The van der Waals surface area contributed by atoms with Crippen molar-refractivity contribution in [3.8, 4) is 5.75 Å². The highest BCUT2D eigenvalue weighted by molar-refractivity contribution is 5.82. The molecule has 0 radical (unpaired) electrons. The lowest BCUT2D eigenvalue weighted by Crippen LogP contribution is -2.42. The average Bonchev–Trinajstić information content (AvgIpc) is 2.96. The van der Waals surface area contributed by atoms with Crippen LogP contribution in [0.1, 0.15) is 31.2 Å². The van der Waals surface area contributed by atoms with Crippen LogP contribution in [0.15, 0.2) is 24.3 Å². The van der Waals surface area contributed by atoms with Crippen LogP contribution in [0.4, 0.5) is 0 Å². The number of carbonyl (C=O) groups excluding carboxylic acids is 1. The standard InChI is InChI=1S/C14H17NO2/c16-14(15-11-6-2-3-7-11)13-9-10-5-1-4-8-12(10)17-13/h1,4-5,8,11,13H,2-3,6-7,9H2,(H,15,16)/t13-/m1/s1. The number of carbonyl (C=O) groups is 1. The van der Waals surface area contributed by atoms with Gasteiger partial charge in [0, 0.05) is 12.5 Å². The van der Waals surface area contributed by atoms with Gasteiger partial charge in [-0.25, -0.2) is 0 Å². The molecular weight excluding hydrogens is 214 g/mol. The molecule has 3 heteroatoms.